The summed E-state index contributed by atoms with van der Waals surface area (Å²) in [6.07, 6.45) is 0. The van der Waals surface area contributed by atoms with E-state index in [1.54, 1.807) is 14.2 Å². The molecule has 0 aliphatic rings. The van der Waals surface area contributed by atoms with Crippen molar-refractivity contribution in [2.24, 2.45) is 0 Å². The highest BCUT2D eigenvalue weighted by Gasteiger charge is 2.07. The molecule has 1 aromatic heterocycles. The van der Waals surface area contributed by atoms with Gasteiger partial charge in [0.2, 0.25) is 0 Å². The molecule has 1 heterocycles. The van der Waals surface area contributed by atoms with Gasteiger partial charge in [-0.1, -0.05) is 17.4 Å². The lowest BCUT2D eigenvalue weighted by molar-refractivity contribution is 0.408. The van der Waals surface area contributed by atoms with Gasteiger partial charge in [-0.2, -0.15) is 4.98 Å². The summed E-state index contributed by atoms with van der Waals surface area (Å²) >= 11 is 1.51. The lowest BCUT2D eigenvalue weighted by atomic mass is 10.3. The van der Waals surface area contributed by atoms with Crippen LogP contribution in [-0.2, 0) is 0 Å². The average Bonchev–Trinajstić information content (AvgIpc) is 2.59. The molecule has 0 saturated heterocycles. The molecule has 0 fully saturated rings. The third-order valence-corrected chi connectivity index (χ3v) is 2.74. The van der Waals surface area contributed by atoms with Crippen LogP contribution in [0.1, 0.15) is 0 Å². The number of nitrogens with zero attached hydrogens (tertiary/aromatic N) is 1. The highest BCUT2D eigenvalue weighted by Crippen LogP contribution is 2.32. The Morgan fingerprint density at radius 2 is 2.08 bits per heavy atom. The standard InChI is InChI=1S/C9H9NO2S/c1-11-6-4-3-5-7-8(6)10-9(12-2)13-7/h3-5H,1-2H3. The lowest BCUT2D eigenvalue weighted by Gasteiger charge is -1.97. The topological polar surface area (TPSA) is 31.4 Å². The molecule has 0 spiro atoms. The number of ether oxygens (including phenoxy) is 2. The fraction of sp³-hybridized carbons (Fsp3) is 0.222. The van der Waals surface area contributed by atoms with Crippen LogP contribution in [0.2, 0.25) is 0 Å². The number of hydrogen-bond donors (Lipinski definition) is 0. The largest absolute Gasteiger partial charge is 0.494 e. The summed E-state index contributed by atoms with van der Waals surface area (Å²) in [5.41, 5.74) is 0.867. The van der Waals surface area contributed by atoms with Crippen molar-refractivity contribution >= 4 is 21.6 Å². The molecule has 68 valence electrons. The van der Waals surface area contributed by atoms with Crippen LogP contribution in [0.5, 0.6) is 10.9 Å². The van der Waals surface area contributed by atoms with Crippen LogP contribution in [0, 0.1) is 0 Å². The van der Waals surface area contributed by atoms with E-state index in [2.05, 4.69) is 4.98 Å². The molecule has 3 nitrogen and oxygen atoms in total. The van der Waals surface area contributed by atoms with Gasteiger partial charge in [0.15, 0.2) is 0 Å². The zero-order valence-corrected chi connectivity index (χ0v) is 8.22. The Bertz CT molecular complexity index is 424. The Morgan fingerprint density at radius 3 is 2.77 bits per heavy atom. The van der Waals surface area contributed by atoms with Crippen molar-refractivity contribution in [3.63, 3.8) is 0 Å². The number of para-hydroxylation sites is 1. The van der Waals surface area contributed by atoms with E-state index < -0.39 is 0 Å². The molecule has 0 radical (unpaired) electrons. The Labute approximate surface area is 79.9 Å². The van der Waals surface area contributed by atoms with Crippen molar-refractivity contribution in [1.29, 1.82) is 0 Å². The van der Waals surface area contributed by atoms with E-state index in [1.165, 1.54) is 11.3 Å². The van der Waals surface area contributed by atoms with Gasteiger partial charge in [0.1, 0.15) is 11.3 Å². The van der Waals surface area contributed by atoms with Gasteiger partial charge in [0, 0.05) is 0 Å². The van der Waals surface area contributed by atoms with Crippen LogP contribution >= 0.6 is 11.3 Å². The van der Waals surface area contributed by atoms with Gasteiger partial charge >= 0.3 is 0 Å². The third-order valence-electron chi connectivity index (χ3n) is 1.76. The van der Waals surface area contributed by atoms with Gasteiger partial charge < -0.3 is 9.47 Å². The molecular formula is C9H9NO2S. The molecule has 1 aromatic carbocycles. The van der Waals surface area contributed by atoms with Gasteiger partial charge in [-0.25, -0.2) is 0 Å². The molecule has 2 aromatic rings. The van der Waals surface area contributed by atoms with Crippen LogP contribution in [0.3, 0.4) is 0 Å². The number of aromatic nitrogens is 1. The third kappa shape index (κ3) is 1.33. The first kappa shape index (κ1) is 8.31. The van der Waals surface area contributed by atoms with Crippen LogP contribution in [0.15, 0.2) is 18.2 Å². The molecule has 0 aliphatic heterocycles. The van der Waals surface area contributed by atoms with E-state index in [-0.39, 0.29) is 0 Å². The molecular weight excluding hydrogens is 186 g/mol. The average molecular weight is 195 g/mol. The first-order valence-electron chi connectivity index (χ1n) is 3.82. The molecule has 0 bridgehead atoms. The maximum atomic E-state index is 5.17. The Morgan fingerprint density at radius 1 is 1.23 bits per heavy atom. The van der Waals surface area contributed by atoms with Crippen LogP contribution in [0.4, 0.5) is 0 Å². The predicted molar refractivity (Wildman–Crippen MR) is 52.7 cm³/mol. The van der Waals surface area contributed by atoms with Crippen LogP contribution in [0.25, 0.3) is 10.2 Å². The summed E-state index contributed by atoms with van der Waals surface area (Å²) in [6.45, 7) is 0. The van der Waals surface area contributed by atoms with Crippen molar-refractivity contribution in [2.75, 3.05) is 14.2 Å². The van der Waals surface area contributed by atoms with Gasteiger partial charge in [0.25, 0.3) is 5.19 Å². The fourth-order valence-corrected chi connectivity index (χ4v) is 1.95. The number of methoxy groups -OCH3 is 2. The number of thiazole rings is 1. The van der Waals surface area contributed by atoms with Crippen LogP contribution < -0.4 is 9.47 Å². The highest BCUT2D eigenvalue weighted by atomic mass is 32.1. The first-order valence-corrected chi connectivity index (χ1v) is 4.64. The van der Waals surface area contributed by atoms with Gasteiger partial charge in [-0.15, -0.1) is 0 Å². The zero-order chi connectivity index (χ0) is 9.26. The normalized spacial score (nSPS) is 10.3. The molecule has 0 atom stereocenters. The zero-order valence-electron chi connectivity index (χ0n) is 7.40. The summed E-state index contributed by atoms with van der Waals surface area (Å²) in [5, 5.41) is 0.666. The fourth-order valence-electron chi connectivity index (χ4n) is 1.15. The molecule has 0 N–H and O–H groups in total. The van der Waals surface area contributed by atoms with E-state index in [1.807, 2.05) is 18.2 Å². The predicted octanol–water partition coefficient (Wildman–Crippen LogP) is 2.31. The summed E-state index contributed by atoms with van der Waals surface area (Å²) in [5.74, 6) is 0.789. The molecule has 0 unspecified atom stereocenters. The maximum absolute atomic E-state index is 5.17. The second kappa shape index (κ2) is 3.22. The smallest absolute Gasteiger partial charge is 0.274 e. The van der Waals surface area contributed by atoms with Crippen molar-refractivity contribution in [3.8, 4) is 10.9 Å². The minimum absolute atomic E-state index is 0.666. The van der Waals surface area contributed by atoms with Gasteiger partial charge in [-0.05, 0) is 12.1 Å². The van der Waals surface area contributed by atoms with E-state index >= 15 is 0 Å². The van der Waals surface area contributed by atoms with E-state index in [9.17, 15) is 0 Å². The number of hydrogen-bond acceptors (Lipinski definition) is 4. The number of fused-ring (bicyclic) bond motifs is 1. The monoisotopic (exact) mass is 195 g/mol. The molecule has 2 rings (SSSR count). The van der Waals surface area contributed by atoms with E-state index in [0.717, 1.165) is 16.0 Å². The quantitative estimate of drug-likeness (QED) is 0.736. The van der Waals surface area contributed by atoms with Crippen molar-refractivity contribution < 1.29 is 9.47 Å². The number of benzene rings is 1. The highest BCUT2D eigenvalue weighted by molar-refractivity contribution is 7.20. The summed E-state index contributed by atoms with van der Waals surface area (Å²) < 4.78 is 11.3. The first-order chi connectivity index (χ1) is 6.35. The molecule has 0 saturated carbocycles. The molecule has 4 heteroatoms. The van der Waals surface area contributed by atoms with Crippen LogP contribution in [-0.4, -0.2) is 19.2 Å². The second-order valence-electron chi connectivity index (χ2n) is 2.49. The summed E-state index contributed by atoms with van der Waals surface area (Å²) in [4.78, 5) is 4.27. The molecule has 0 aliphatic carbocycles. The lowest BCUT2D eigenvalue weighted by Crippen LogP contribution is -1.84. The van der Waals surface area contributed by atoms with E-state index in [0.29, 0.717) is 5.19 Å². The number of rotatable bonds is 2. The Balaban J connectivity index is 2.67. The van der Waals surface area contributed by atoms with Crippen molar-refractivity contribution in [2.45, 2.75) is 0 Å². The van der Waals surface area contributed by atoms with Crippen molar-refractivity contribution in [3.05, 3.63) is 18.2 Å². The molecule has 13 heavy (non-hydrogen) atoms. The summed E-state index contributed by atoms with van der Waals surface area (Å²) in [6, 6.07) is 5.83. The second-order valence-corrected chi connectivity index (χ2v) is 3.48. The maximum Gasteiger partial charge on any atom is 0.274 e. The van der Waals surface area contributed by atoms with Gasteiger partial charge in [-0.3, -0.25) is 0 Å². The van der Waals surface area contributed by atoms with E-state index in [4.69, 9.17) is 9.47 Å². The Hall–Kier alpha value is -1.29. The molecule has 0 amide bonds. The Kier molecular flexibility index (Phi) is 2.06. The van der Waals surface area contributed by atoms with Gasteiger partial charge in [0.05, 0.1) is 18.9 Å². The summed E-state index contributed by atoms with van der Waals surface area (Å²) in [7, 11) is 3.25. The van der Waals surface area contributed by atoms with Crippen molar-refractivity contribution in [1.82, 2.24) is 4.98 Å². The SMILES string of the molecule is COc1nc2c(OC)cccc2s1. The minimum atomic E-state index is 0.666. The minimum Gasteiger partial charge on any atom is -0.494 e.